The van der Waals surface area contributed by atoms with Crippen molar-refractivity contribution in [3.8, 4) is 5.75 Å². The number of carbonyl (C=O) groups excluding carboxylic acids is 1. The second-order valence-corrected chi connectivity index (χ2v) is 7.73. The van der Waals surface area contributed by atoms with E-state index >= 15 is 0 Å². The second kappa shape index (κ2) is 8.81. The highest BCUT2D eigenvalue weighted by molar-refractivity contribution is 5.94. The molecule has 2 atom stereocenters. The Labute approximate surface area is 176 Å². The Kier molecular flexibility index (Phi) is 5.97. The first-order chi connectivity index (χ1) is 14.6. The van der Waals surface area contributed by atoms with E-state index in [2.05, 4.69) is 9.88 Å². The monoisotopic (exact) mass is 405 g/mol. The van der Waals surface area contributed by atoms with Crippen molar-refractivity contribution in [1.29, 1.82) is 0 Å². The maximum atomic E-state index is 12.6. The molecule has 0 radical (unpaired) electrons. The number of fused-ring (bicyclic) bond motifs is 1. The fourth-order valence-corrected chi connectivity index (χ4v) is 4.04. The van der Waals surface area contributed by atoms with Gasteiger partial charge in [0.05, 0.1) is 18.8 Å². The lowest BCUT2D eigenvalue weighted by Gasteiger charge is -2.39. The molecule has 1 N–H and O–H groups in total. The summed E-state index contributed by atoms with van der Waals surface area (Å²) in [6.07, 6.45) is 2.68. The van der Waals surface area contributed by atoms with Crippen molar-refractivity contribution in [3.05, 3.63) is 72.1 Å². The van der Waals surface area contributed by atoms with Crippen molar-refractivity contribution in [2.45, 2.75) is 19.1 Å². The summed E-state index contributed by atoms with van der Waals surface area (Å²) in [6, 6.07) is 15.5. The van der Waals surface area contributed by atoms with Gasteiger partial charge in [-0.15, -0.1) is 0 Å². The molecule has 1 amide bonds. The second-order valence-electron chi connectivity index (χ2n) is 7.73. The number of aromatic nitrogens is 1. The fourth-order valence-electron chi connectivity index (χ4n) is 4.04. The molecule has 4 rings (SSSR count). The van der Waals surface area contributed by atoms with Crippen molar-refractivity contribution in [2.75, 3.05) is 33.3 Å². The molecule has 3 aromatic rings. The number of piperazine rings is 1. The van der Waals surface area contributed by atoms with Gasteiger partial charge < -0.3 is 14.7 Å². The lowest BCUT2D eigenvalue weighted by atomic mass is 9.98. The predicted molar refractivity (Wildman–Crippen MR) is 117 cm³/mol. The molecule has 0 bridgehead atoms. The standard InChI is InChI=1S/C24H27N3O3/c1-17(23(28)20-6-5-19-15-22(30-2)8-7-18(19)14-20)26-10-12-27(13-11-26)24(29)21-4-3-9-25-16-21/h3-9,14-17,23,28H,10-13H2,1-2H3. The van der Waals surface area contributed by atoms with E-state index < -0.39 is 6.10 Å². The number of hydrogen-bond donors (Lipinski definition) is 1. The molecule has 2 aromatic carbocycles. The molecule has 0 aliphatic carbocycles. The first-order valence-corrected chi connectivity index (χ1v) is 10.3. The Balaban J connectivity index is 1.40. The van der Waals surface area contributed by atoms with Gasteiger partial charge in [0.25, 0.3) is 5.91 Å². The zero-order valence-electron chi connectivity index (χ0n) is 17.4. The summed E-state index contributed by atoms with van der Waals surface area (Å²) in [4.78, 5) is 20.7. The third-order valence-electron chi connectivity index (χ3n) is 5.96. The third kappa shape index (κ3) is 4.15. The number of rotatable bonds is 5. The summed E-state index contributed by atoms with van der Waals surface area (Å²) in [5, 5.41) is 13.2. The highest BCUT2D eigenvalue weighted by atomic mass is 16.5. The Morgan fingerprint density at radius 3 is 2.50 bits per heavy atom. The molecule has 6 nitrogen and oxygen atoms in total. The van der Waals surface area contributed by atoms with Crippen LogP contribution >= 0.6 is 0 Å². The maximum Gasteiger partial charge on any atom is 0.255 e. The van der Waals surface area contributed by atoms with Crippen LogP contribution in [0.15, 0.2) is 60.9 Å². The van der Waals surface area contributed by atoms with Crippen molar-refractivity contribution in [1.82, 2.24) is 14.8 Å². The van der Waals surface area contributed by atoms with E-state index in [1.54, 1.807) is 31.6 Å². The number of nitrogens with zero attached hydrogens (tertiary/aromatic N) is 3. The van der Waals surface area contributed by atoms with Crippen LogP contribution in [0.5, 0.6) is 5.75 Å². The number of benzene rings is 2. The SMILES string of the molecule is COc1ccc2cc(C(O)C(C)N3CCN(C(=O)c4cccnc4)CC3)ccc2c1. The van der Waals surface area contributed by atoms with Crippen LogP contribution in [-0.2, 0) is 0 Å². The molecule has 2 unspecified atom stereocenters. The van der Waals surface area contributed by atoms with Gasteiger partial charge >= 0.3 is 0 Å². The van der Waals surface area contributed by atoms with Crippen LogP contribution in [0.1, 0.15) is 28.9 Å². The average molecular weight is 405 g/mol. The topological polar surface area (TPSA) is 65.9 Å². The van der Waals surface area contributed by atoms with Crippen molar-refractivity contribution >= 4 is 16.7 Å². The first-order valence-electron chi connectivity index (χ1n) is 10.3. The van der Waals surface area contributed by atoms with Gasteiger partial charge in [0.1, 0.15) is 5.75 Å². The van der Waals surface area contributed by atoms with Crippen LogP contribution in [-0.4, -0.2) is 65.1 Å². The molecular weight excluding hydrogens is 378 g/mol. The Morgan fingerprint density at radius 1 is 1.07 bits per heavy atom. The summed E-state index contributed by atoms with van der Waals surface area (Å²) < 4.78 is 5.28. The average Bonchev–Trinajstić information content (AvgIpc) is 2.82. The Bertz CT molecular complexity index is 1020. The number of aliphatic hydroxyl groups excluding tert-OH is 1. The highest BCUT2D eigenvalue weighted by Crippen LogP contribution is 2.27. The lowest BCUT2D eigenvalue weighted by Crippen LogP contribution is -2.52. The van der Waals surface area contributed by atoms with E-state index in [-0.39, 0.29) is 11.9 Å². The molecule has 1 fully saturated rings. The van der Waals surface area contributed by atoms with Gasteiger partial charge in [0.2, 0.25) is 0 Å². The number of aliphatic hydroxyl groups is 1. The van der Waals surface area contributed by atoms with Gasteiger partial charge in [-0.1, -0.05) is 18.2 Å². The predicted octanol–water partition coefficient (Wildman–Crippen LogP) is 3.12. The molecule has 156 valence electrons. The molecule has 1 aliphatic rings. The molecule has 1 aliphatic heterocycles. The summed E-state index contributed by atoms with van der Waals surface area (Å²) in [5.74, 6) is 0.837. The fraction of sp³-hybridized carbons (Fsp3) is 0.333. The van der Waals surface area contributed by atoms with E-state index in [9.17, 15) is 9.90 Å². The van der Waals surface area contributed by atoms with E-state index in [4.69, 9.17) is 4.74 Å². The van der Waals surface area contributed by atoms with Crippen LogP contribution in [0.4, 0.5) is 0 Å². The molecule has 0 saturated carbocycles. The molecule has 0 spiro atoms. The van der Waals surface area contributed by atoms with Crippen molar-refractivity contribution in [3.63, 3.8) is 0 Å². The maximum absolute atomic E-state index is 12.6. The van der Waals surface area contributed by atoms with Gasteiger partial charge in [-0.2, -0.15) is 0 Å². The normalized spacial score (nSPS) is 17.0. The van der Waals surface area contributed by atoms with Gasteiger partial charge in [0.15, 0.2) is 0 Å². The smallest absolute Gasteiger partial charge is 0.255 e. The molecule has 30 heavy (non-hydrogen) atoms. The van der Waals surface area contributed by atoms with Gasteiger partial charge in [0, 0.05) is 44.6 Å². The highest BCUT2D eigenvalue weighted by Gasteiger charge is 2.28. The van der Waals surface area contributed by atoms with Crippen LogP contribution < -0.4 is 4.74 Å². The van der Waals surface area contributed by atoms with E-state index in [1.165, 1.54) is 0 Å². The van der Waals surface area contributed by atoms with Crippen molar-refractivity contribution in [2.24, 2.45) is 0 Å². The number of hydrogen-bond acceptors (Lipinski definition) is 5. The summed E-state index contributed by atoms with van der Waals surface area (Å²) >= 11 is 0. The van der Waals surface area contributed by atoms with E-state index in [0.717, 1.165) is 35.2 Å². The van der Waals surface area contributed by atoms with Crippen LogP contribution in [0.2, 0.25) is 0 Å². The summed E-state index contributed by atoms with van der Waals surface area (Å²) in [6.45, 7) is 4.79. The molecule has 6 heteroatoms. The molecule has 1 aromatic heterocycles. The Hall–Kier alpha value is -2.96. The minimum atomic E-state index is -0.600. The zero-order valence-corrected chi connectivity index (χ0v) is 17.4. The van der Waals surface area contributed by atoms with Crippen LogP contribution in [0.25, 0.3) is 10.8 Å². The lowest BCUT2D eigenvalue weighted by molar-refractivity contribution is 0.0245. The molecule has 1 saturated heterocycles. The molecule has 2 heterocycles. The van der Waals surface area contributed by atoms with Gasteiger partial charge in [-0.25, -0.2) is 0 Å². The third-order valence-corrected chi connectivity index (χ3v) is 5.96. The quantitative estimate of drug-likeness (QED) is 0.707. The van der Waals surface area contributed by atoms with Gasteiger partial charge in [-0.3, -0.25) is 14.7 Å². The number of methoxy groups -OCH3 is 1. The van der Waals surface area contributed by atoms with E-state index in [0.29, 0.717) is 18.7 Å². The minimum absolute atomic E-state index is 0.0147. The number of amides is 1. The largest absolute Gasteiger partial charge is 0.497 e. The van der Waals surface area contributed by atoms with Crippen LogP contribution in [0.3, 0.4) is 0 Å². The zero-order chi connectivity index (χ0) is 21.1. The Morgan fingerprint density at radius 2 is 1.80 bits per heavy atom. The molecular formula is C24H27N3O3. The van der Waals surface area contributed by atoms with Gasteiger partial charge in [-0.05, 0) is 53.6 Å². The summed E-state index contributed by atoms with van der Waals surface area (Å²) in [7, 11) is 1.66. The van der Waals surface area contributed by atoms with E-state index in [1.807, 2.05) is 48.2 Å². The first kappa shape index (κ1) is 20.3. The summed E-state index contributed by atoms with van der Waals surface area (Å²) in [5.41, 5.74) is 1.51. The number of ether oxygens (including phenoxy) is 1. The number of pyridine rings is 1. The minimum Gasteiger partial charge on any atom is -0.497 e. The van der Waals surface area contributed by atoms with Crippen molar-refractivity contribution < 1.29 is 14.6 Å². The van der Waals surface area contributed by atoms with Crippen LogP contribution in [0, 0.1) is 0 Å². The number of carbonyl (C=O) groups is 1.